The van der Waals surface area contributed by atoms with Gasteiger partial charge in [-0.05, 0) is 63.2 Å². The number of carbonyl (C=O) groups excluding carboxylic acids is 2. The minimum absolute atomic E-state index is 0.296. The number of fused-ring (bicyclic) bond motifs is 1. The smallest absolute Gasteiger partial charge is 0.222 e. The molecule has 2 heterocycles. The van der Waals surface area contributed by atoms with Gasteiger partial charge >= 0.3 is 0 Å². The largest absolute Gasteiger partial charge is 0.343 e. The summed E-state index contributed by atoms with van der Waals surface area (Å²) in [4.78, 5) is 29.2. The van der Waals surface area contributed by atoms with Gasteiger partial charge in [0, 0.05) is 38.5 Å². The Morgan fingerprint density at radius 3 is 2.20 bits per heavy atom. The molecule has 2 atom stereocenters. The molecule has 0 radical (unpaired) electrons. The van der Waals surface area contributed by atoms with Crippen LogP contribution in [0.15, 0.2) is 0 Å². The lowest BCUT2D eigenvalue weighted by Crippen LogP contribution is -2.49. The summed E-state index contributed by atoms with van der Waals surface area (Å²) in [6.45, 7) is 5.08. The number of unbranched alkanes of at least 4 members (excludes halogenated alkanes) is 1. The van der Waals surface area contributed by atoms with Gasteiger partial charge in [0.1, 0.15) is 0 Å². The van der Waals surface area contributed by atoms with Gasteiger partial charge in [0.25, 0.3) is 0 Å². The van der Waals surface area contributed by atoms with Gasteiger partial charge in [0.05, 0.1) is 0 Å². The van der Waals surface area contributed by atoms with E-state index in [-0.39, 0.29) is 0 Å². The van der Waals surface area contributed by atoms with Gasteiger partial charge in [-0.3, -0.25) is 9.59 Å². The molecule has 142 valence electrons. The zero-order chi connectivity index (χ0) is 17.6. The number of rotatable bonds is 5. The summed E-state index contributed by atoms with van der Waals surface area (Å²) in [5.41, 5.74) is 0. The number of carbonyl (C=O) groups is 2. The normalized spacial score (nSPS) is 27.9. The predicted octanol–water partition coefficient (Wildman–Crippen LogP) is 3.99. The molecule has 2 saturated heterocycles. The molecule has 1 saturated carbocycles. The highest BCUT2D eigenvalue weighted by Gasteiger charge is 2.35. The van der Waals surface area contributed by atoms with Gasteiger partial charge in [-0.2, -0.15) is 0 Å². The van der Waals surface area contributed by atoms with Crippen LogP contribution in [-0.2, 0) is 9.59 Å². The second-order valence-corrected chi connectivity index (χ2v) is 8.61. The van der Waals surface area contributed by atoms with Crippen LogP contribution < -0.4 is 0 Å². The SMILES string of the molecule is CC1CCN(C(=O)CCCCC(=O)N2CCCC3CCCCC32)CC1. The summed E-state index contributed by atoms with van der Waals surface area (Å²) in [6.07, 6.45) is 12.9. The molecule has 3 aliphatic rings. The first-order valence-corrected chi connectivity index (χ1v) is 10.7. The standard InChI is InChI=1S/C21H36N2O2/c1-17-12-15-22(16-13-17)20(24)10-4-5-11-21(25)23-14-6-8-18-7-2-3-9-19(18)23/h17-19H,2-16H2,1H3. The molecule has 0 aromatic rings. The topological polar surface area (TPSA) is 40.6 Å². The van der Waals surface area contributed by atoms with E-state index in [4.69, 9.17) is 0 Å². The lowest BCUT2D eigenvalue weighted by atomic mass is 9.78. The van der Waals surface area contributed by atoms with Crippen LogP contribution in [0.4, 0.5) is 0 Å². The lowest BCUT2D eigenvalue weighted by Gasteiger charge is -2.44. The zero-order valence-electron chi connectivity index (χ0n) is 16.0. The molecule has 0 bridgehead atoms. The molecule has 4 heteroatoms. The van der Waals surface area contributed by atoms with Crippen molar-refractivity contribution in [2.45, 2.75) is 90.0 Å². The van der Waals surface area contributed by atoms with E-state index >= 15 is 0 Å². The first-order valence-electron chi connectivity index (χ1n) is 10.7. The highest BCUT2D eigenvalue weighted by atomic mass is 16.2. The first-order chi connectivity index (χ1) is 12.1. The van der Waals surface area contributed by atoms with Crippen LogP contribution in [0, 0.1) is 11.8 Å². The van der Waals surface area contributed by atoms with Crippen LogP contribution >= 0.6 is 0 Å². The summed E-state index contributed by atoms with van der Waals surface area (Å²) >= 11 is 0. The maximum Gasteiger partial charge on any atom is 0.222 e. The Hall–Kier alpha value is -1.06. The van der Waals surface area contributed by atoms with Gasteiger partial charge in [-0.1, -0.05) is 19.8 Å². The molecule has 0 aromatic carbocycles. The van der Waals surface area contributed by atoms with Crippen molar-refractivity contribution in [3.63, 3.8) is 0 Å². The minimum atomic E-state index is 0.296. The Morgan fingerprint density at radius 2 is 1.44 bits per heavy atom. The number of nitrogens with zero attached hydrogens (tertiary/aromatic N) is 2. The van der Waals surface area contributed by atoms with E-state index in [2.05, 4.69) is 11.8 Å². The Bertz CT molecular complexity index is 455. The third-order valence-electron chi connectivity index (χ3n) is 6.73. The summed E-state index contributed by atoms with van der Waals surface area (Å²) in [7, 11) is 0. The average molecular weight is 349 g/mol. The monoisotopic (exact) mass is 348 g/mol. The van der Waals surface area contributed by atoms with E-state index in [0.29, 0.717) is 30.7 Å². The molecule has 2 aliphatic heterocycles. The van der Waals surface area contributed by atoms with Crippen molar-refractivity contribution >= 4 is 11.8 Å². The minimum Gasteiger partial charge on any atom is -0.343 e. The average Bonchev–Trinajstić information content (AvgIpc) is 2.65. The molecular weight excluding hydrogens is 312 g/mol. The molecule has 3 fully saturated rings. The Labute approximate surface area is 153 Å². The second kappa shape index (κ2) is 9.05. The molecule has 2 unspecified atom stereocenters. The summed E-state index contributed by atoms with van der Waals surface area (Å²) in [6, 6.07) is 0.520. The number of hydrogen-bond acceptors (Lipinski definition) is 2. The molecule has 0 spiro atoms. The van der Waals surface area contributed by atoms with Crippen molar-refractivity contribution in [2.75, 3.05) is 19.6 Å². The number of piperidine rings is 2. The van der Waals surface area contributed by atoms with Crippen molar-refractivity contribution in [1.29, 1.82) is 0 Å². The van der Waals surface area contributed by atoms with Gasteiger partial charge in [-0.15, -0.1) is 0 Å². The van der Waals surface area contributed by atoms with E-state index in [1.54, 1.807) is 0 Å². The fourth-order valence-corrected chi connectivity index (χ4v) is 5.05. The number of amides is 2. The van der Waals surface area contributed by atoms with Crippen LogP contribution in [0.1, 0.15) is 84.0 Å². The van der Waals surface area contributed by atoms with Gasteiger partial charge in [0.15, 0.2) is 0 Å². The maximum absolute atomic E-state index is 12.7. The van der Waals surface area contributed by atoms with E-state index in [9.17, 15) is 9.59 Å². The van der Waals surface area contributed by atoms with Gasteiger partial charge in [0.2, 0.25) is 11.8 Å². The lowest BCUT2D eigenvalue weighted by molar-refractivity contribution is -0.138. The first kappa shape index (κ1) is 18.7. The van der Waals surface area contributed by atoms with Crippen molar-refractivity contribution in [1.82, 2.24) is 9.80 Å². The quantitative estimate of drug-likeness (QED) is 0.705. The number of hydrogen-bond donors (Lipinski definition) is 0. The molecule has 1 aliphatic carbocycles. The molecule has 4 nitrogen and oxygen atoms in total. The third kappa shape index (κ3) is 4.98. The van der Waals surface area contributed by atoms with Crippen LogP contribution in [0.25, 0.3) is 0 Å². The Morgan fingerprint density at radius 1 is 0.800 bits per heavy atom. The predicted molar refractivity (Wildman–Crippen MR) is 100 cm³/mol. The van der Waals surface area contributed by atoms with Crippen molar-refractivity contribution in [3.8, 4) is 0 Å². The fourth-order valence-electron chi connectivity index (χ4n) is 5.05. The molecule has 3 rings (SSSR count). The van der Waals surface area contributed by atoms with Gasteiger partial charge < -0.3 is 9.80 Å². The highest BCUT2D eigenvalue weighted by Crippen LogP contribution is 2.35. The van der Waals surface area contributed by atoms with Crippen LogP contribution in [0.5, 0.6) is 0 Å². The van der Waals surface area contributed by atoms with Crippen LogP contribution in [-0.4, -0.2) is 47.3 Å². The molecule has 2 amide bonds. The van der Waals surface area contributed by atoms with Crippen molar-refractivity contribution < 1.29 is 9.59 Å². The van der Waals surface area contributed by atoms with E-state index in [1.165, 1.54) is 38.5 Å². The zero-order valence-corrected chi connectivity index (χ0v) is 16.0. The summed E-state index contributed by atoms with van der Waals surface area (Å²) < 4.78 is 0. The van der Waals surface area contributed by atoms with E-state index < -0.39 is 0 Å². The molecular formula is C21H36N2O2. The summed E-state index contributed by atoms with van der Waals surface area (Å²) in [5.74, 6) is 2.16. The summed E-state index contributed by atoms with van der Waals surface area (Å²) in [5, 5.41) is 0. The molecule has 0 aromatic heterocycles. The van der Waals surface area contributed by atoms with Crippen molar-refractivity contribution in [2.24, 2.45) is 11.8 Å². The van der Waals surface area contributed by atoms with Gasteiger partial charge in [-0.25, -0.2) is 0 Å². The van der Waals surface area contributed by atoms with Crippen molar-refractivity contribution in [3.05, 3.63) is 0 Å². The third-order valence-corrected chi connectivity index (χ3v) is 6.73. The maximum atomic E-state index is 12.7. The second-order valence-electron chi connectivity index (χ2n) is 8.61. The highest BCUT2D eigenvalue weighted by molar-refractivity contribution is 5.77. The molecule has 0 N–H and O–H groups in total. The van der Waals surface area contributed by atoms with Crippen LogP contribution in [0.3, 0.4) is 0 Å². The fraction of sp³-hybridized carbons (Fsp3) is 0.905. The molecule has 25 heavy (non-hydrogen) atoms. The Balaban J connectivity index is 1.35. The number of likely N-dealkylation sites (tertiary alicyclic amines) is 2. The van der Waals surface area contributed by atoms with E-state index in [0.717, 1.165) is 57.2 Å². The Kier molecular flexibility index (Phi) is 6.77. The van der Waals surface area contributed by atoms with E-state index in [1.807, 2.05) is 4.90 Å². The van der Waals surface area contributed by atoms with Crippen LogP contribution in [0.2, 0.25) is 0 Å².